The molecule has 9 aromatic carbocycles. The number of benzene rings is 9. The van der Waals surface area contributed by atoms with Gasteiger partial charge in [0, 0.05) is 16.9 Å². The van der Waals surface area contributed by atoms with Gasteiger partial charge < -0.3 is 4.90 Å². The van der Waals surface area contributed by atoms with E-state index in [1.165, 1.54) is 65.7 Å². The Bertz CT molecular complexity index is 2590. The Kier molecular flexibility index (Phi) is 7.22. The van der Waals surface area contributed by atoms with Gasteiger partial charge in [0.05, 0.1) is 5.69 Å². The van der Waals surface area contributed by atoms with E-state index in [-0.39, 0.29) is 0 Å². The summed E-state index contributed by atoms with van der Waals surface area (Å²) in [5.74, 6) is 0. The maximum atomic E-state index is 2.38. The summed E-state index contributed by atoms with van der Waals surface area (Å²) in [7, 11) is 0. The van der Waals surface area contributed by atoms with Gasteiger partial charge in [-0.1, -0.05) is 158 Å². The zero-order chi connectivity index (χ0) is 32.6. The summed E-state index contributed by atoms with van der Waals surface area (Å²) >= 11 is 0. The van der Waals surface area contributed by atoms with Gasteiger partial charge in [-0.05, 0) is 103 Å². The van der Waals surface area contributed by atoms with E-state index in [0.29, 0.717) is 0 Å². The third kappa shape index (κ3) is 5.32. The van der Waals surface area contributed by atoms with E-state index in [2.05, 4.69) is 205 Å². The maximum Gasteiger partial charge on any atom is 0.0540 e. The molecule has 0 bridgehead atoms. The van der Waals surface area contributed by atoms with Gasteiger partial charge >= 0.3 is 0 Å². The average Bonchev–Trinajstić information content (AvgIpc) is 3.18. The highest BCUT2D eigenvalue weighted by atomic mass is 15.1. The van der Waals surface area contributed by atoms with Crippen LogP contribution in [-0.2, 0) is 0 Å². The molecule has 9 aromatic rings. The first-order chi connectivity index (χ1) is 24.3. The highest BCUT2D eigenvalue weighted by Crippen LogP contribution is 2.44. The second-order valence-electron chi connectivity index (χ2n) is 12.6. The molecule has 0 saturated heterocycles. The smallest absolute Gasteiger partial charge is 0.0540 e. The highest BCUT2D eigenvalue weighted by Gasteiger charge is 2.19. The van der Waals surface area contributed by atoms with Crippen molar-refractivity contribution in [2.24, 2.45) is 0 Å². The van der Waals surface area contributed by atoms with E-state index in [1.807, 2.05) is 0 Å². The first-order valence-corrected chi connectivity index (χ1v) is 16.8. The lowest BCUT2D eigenvalue weighted by Gasteiger charge is -2.28. The van der Waals surface area contributed by atoms with Gasteiger partial charge in [-0.3, -0.25) is 0 Å². The molecule has 0 N–H and O–H groups in total. The number of hydrogen-bond donors (Lipinski definition) is 0. The zero-order valence-corrected chi connectivity index (χ0v) is 27.0. The molecule has 0 aliphatic rings. The maximum absolute atomic E-state index is 2.38. The van der Waals surface area contributed by atoms with E-state index in [4.69, 9.17) is 0 Å². The molecule has 0 radical (unpaired) electrons. The molecule has 49 heavy (non-hydrogen) atoms. The van der Waals surface area contributed by atoms with Gasteiger partial charge in [0.15, 0.2) is 0 Å². The molecule has 0 heterocycles. The van der Waals surface area contributed by atoms with Crippen LogP contribution >= 0.6 is 0 Å². The second-order valence-corrected chi connectivity index (χ2v) is 12.6. The van der Waals surface area contributed by atoms with Crippen molar-refractivity contribution in [3.05, 3.63) is 200 Å². The van der Waals surface area contributed by atoms with Crippen LogP contribution in [0.5, 0.6) is 0 Å². The van der Waals surface area contributed by atoms with Crippen molar-refractivity contribution in [2.45, 2.75) is 0 Å². The number of nitrogens with zero attached hydrogens (tertiary/aromatic N) is 1. The number of rotatable bonds is 6. The van der Waals surface area contributed by atoms with Gasteiger partial charge in [-0.25, -0.2) is 0 Å². The third-order valence-electron chi connectivity index (χ3n) is 9.64. The molecule has 230 valence electrons. The van der Waals surface area contributed by atoms with Crippen LogP contribution in [0.25, 0.3) is 65.7 Å². The molecule has 0 unspecified atom stereocenters. The highest BCUT2D eigenvalue weighted by molar-refractivity contribution is 6.12. The minimum absolute atomic E-state index is 1.11. The number of anilines is 3. The van der Waals surface area contributed by atoms with Crippen molar-refractivity contribution >= 4 is 49.4 Å². The fourth-order valence-electron chi connectivity index (χ4n) is 7.22. The van der Waals surface area contributed by atoms with Crippen LogP contribution in [0.1, 0.15) is 0 Å². The van der Waals surface area contributed by atoms with Crippen molar-refractivity contribution < 1.29 is 0 Å². The molecule has 0 aliphatic carbocycles. The molecule has 0 fully saturated rings. The Morgan fingerprint density at radius 3 is 1.69 bits per heavy atom. The van der Waals surface area contributed by atoms with Gasteiger partial charge in [0.1, 0.15) is 0 Å². The molecule has 0 spiro atoms. The number of para-hydroxylation sites is 1. The Hall–Kier alpha value is -6.44. The molecule has 0 aliphatic heterocycles. The van der Waals surface area contributed by atoms with E-state index in [0.717, 1.165) is 17.1 Å². The summed E-state index contributed by atoms with van der Waals surface area (Å²) in [6, 6.07) is 72.5. The van der Waals surface area contributed by atoms with Crippen LogP contribution in [-0.4, -0.2) is 0 Å². The van der Waals surface area contributed by atoms with Crippen molar-refractivity contribution in [1.29, 1.82) is 0 Å². The summed E-state index contributed by atoms with van der Waals surface area (Å²) in [6.45, 7) is 0. The Morgan fingerprint density at radius 1 is 0.265 bits per heavy atom. The fourth-order valence-corrected chi connectivity index (χ4v) is 7.22. The first kappa shape index (κ1) is 28.8. The van der Waals surface area contributed by atoms with E-state index >= 15 is 0 Å². The fraction of sp³-hybridized carbons (Fsp3) is 0. The largest absolute Gasteiger partial charge is 0.310 e. The minimum atomic E-state index is 1.11. The van der Waals surface area contributed by atoms with Crippen molar-refractivity contribution in [2.75, 3.05) is 4.90 Å². The van der Waals surface area contributed by atoms with Crippen LogP contribution in [0.4, 0.5) is 17.1 Å². The lowest BCUT2D eigenvalue weighted by molar-refractivity contribution is 1.28. The normalized spacial score (nSPS) is 11.3. The summed E-state index contributed by atoms with van der Waals surface area (Å²) in [4.78, 5) is 2.38. The van der Waals surface area contributed by atoms with Gasteiger partial charge in [-0.2, -0.15) is 0 Å². The zero-order valence-electron chi connectivity index (χ0n) is 27.0. The quantitative estimate of drug-likeness (QED) is 0.167. The van der Waals surface area contributed by atoms with Gasteiger partial charge in [-0.15, -0.1) is 0 Å². The van der Waals surface area contributed by atoms with E-state index in [1.54, 1.807) is 0 Å². The first-order valence-electron chi connectivity index (χ1n) is 16.8. The van der Waals surface area contributed by atoms with E-state index < -0.39 is 0 Å². The van der Waals surface area contributed by atoms with Crippen LogP contribution < -0.4 is 4.90 Å². The average molecular weight is 624 g/mol. The van der Waals surface area contributed by atoms with Crippen LogP contribution in [0.15, 0.2) is 200 Å². The summed E-state index contributed by atoms with van der Waals surface area (Å²) < 4.78 is 0. The molecule has 0 amide bonds. The lowest BCUT2D eigenvalue weighted by Crippen LogP contribution is -2.11. The molecule has 0 saturated carbocycles. The molecule has 9 rings (SSSR count). The standard InChI is InChI=1S/C48H33N/c1-3-13-36(14-4-1)47-33-40(44-20-11-21-45-43-19-10-9-15-37(43)26-30-46(44)45)27-31-48(47)49(41-17-5-2-6-18-41)42-28-24-35(25-29-42)39-23-22-34-12-7-8-16-38(34)32-39/h1-33H. The lowest BCUT2D eigenvalue weighted by atomic mass is 9.92. The van der Waals surface area contributed by atoms with Crippen LogP contribution in [0.3, 0.4) is 0 Å². The predicted octanol–water partition coefficient (Wildman–Crippen LogP) is 13.6. The SMILES string of the molecule is c1ccc(-c2cc(-c3cccc4c3ccc3ccccc34)ccc2N(c2ccccc2)c2ccc(-c3ccc4ccccc4c3)cc2)cc1. The van der Waals surface area contributed by atoms with Crippen LogP contribution in [0.2, 0.25) is 0 Å². The van der Waals surface area contributed by atoms with Crippen molar-refractivity contribution in [3.8, 4) is 33.4 Å². The molecule has 1 heteroatoms. The third-order valence-corrected chi connectivity index (χ3v) is 9.64. The molecule has 0 atom stereocenters. The predicted molar refractivity (Wildman–Crippen MR) is 210 cm³/mol. The second kappa shape index (κ2) is 12.3. The van der Waals surface area contributed by atoms with Crippen LogP contribution in [0, 0.1) is 0 Å². The Labute approximate surface area is 287 Å². The van der Waals surface area contributed by atoms with Crippen molar-refractivity contribution in [1.82, 2.24) is 0 Å². The molecular weight excluding hydrogens is 591 g/mol. The van der Waals surface area contributed by atoms with Gasteiger partial charge in [0.2, 0.25) is 0 Å². The van der Waals surface area contributed by atoms with E-state index in [9.17, 15) is 0 Å². The van der Waals surface area contributed by atoms with Gasteiger partial charge in [0.25, 0.3) is 0 Å². The topological polar surface area (TPSA) is 3.24 Å². The Balaban J connectivity index is 1.20. The minimum Gasteiger partial charge on any atom is -0.310 e. The number of fused-ring (bicyclic) bond motifs is 4. The summed E-state index contributed by atoms with van der Waals surface area (Å²) in [6.07, 6.45) is 0. The number of hydrogen-bond acceptors (Lipinski definition) is 1. The van der Waals surface area contributed by atoms with Crippen molar-refractivity contribution in [3.63, 3.8) is 0 Å². The molecular formula is C48H33N. The monoisotopic (exact) mass is 623 g/mol. The molecule has 0 aromatic heterocycles. The Morgan fingerprint density at radius 2 is 0.878 bits per heavy atom. The molecule has 1 nitrogen and oxygen atoms in total. The summed E-state index contributed by atoms with van der Waals surface area (Å²) in [5, 5.41) is 7.59. The summed E-state index contributed by atoms with van der Waals surface area (Å²) in [5.41, 5.74) is 10.6.